The van der Waals surface area contributed by atoms with E-state index in [1.54, 1.807) is 5.06 Å². The van der Waals surface area contributed by atoms with Crippen molar-refractivity contribution in [3.63, 3.8) is 0 Å². The van der Waals surface area contributed by atoms with Gasteiger partial charge in [0.1, 0.15) is 6.10 Å². The maximum Gasteiger partial charge on any atom is 0.107 e. The van der Waals surface area contributed by atoms with Gasteiger partial charge in [0, 0.05) is 19.1 Å². The van der Waals surface area contributed by atoms with Crippen molar-refractivity contribution in [3.05, 3.63) is 11.8 Å². The number of rotatable bonds is 1. The molecule has 0 saturated carbocycles. The van der Waals surface area contributed by atoms with Gasteiger partial charge in [-0.05, 0) is 12.5 Å². The Bertz CT molecular complexity index is 135. The predicted molar refractivity (Wildman–Crippen MR) is 37.1 cm³/mol. The standard InChI is InChI=1S/C6H10ClNO/c1-5-6(3-7)4-8(2)9-5/h4-5H,3H2,1-2H3. The van der Waals surface area contributed by atoms with Gasteiger partial charge in [-0.2, -0.15) is 0 Å². The zero-order valence-electron chi connectivity index (χ0n) is 5.60. The van der Waals surface area contributed by atoms with Gasteiger partial charge in [0.05, 0.1) is 0 Å². The largest absolute Gasteiger partial charge is 0.267 e. The van der Waals surface area contributed by atoms with Gasteiger partial charge in [0.2, 0.25) is 0 Å². The van der Waals surface area contributed by atoms with E-state index in [0.29, 0.717) is 5.88 Å². The van der Waals surface area contributed by atoms with Crippen LogP contribution < -0.4 is 0 Å². The molecule has 52 valence electrons. The average Bonchev–Trinajstić information content (AvgIpc) is 2.10. The van der Waals surface area contributed by atoms with E-state index in [9.17, 15) is 0 Å². The Hall–Kier alpha value is -0.210. The molecule has 1 atom stereocenters. The van der Waals surface area contributed by atoms with E-state index in [-0.39, 0.29) is 6.10 Å². The summed E-state index contributed by atoms with van der Waals surface area (Å²) in [5.74, 6) is 0.561. The van der Waals surface area contributed by atoms with Crippen LogP contribution in [0.25, 0.3) is 0 Å². The normalized spacial score (nSPS) is 26.8. The average molecular weight is 148 g/mol. The second-order valence-electron chi connectivity index (χ2n) is 2.13. The van der Waals surface area contributed by atoms with Crippen molar-refractivity contribution in [3.8, 4) is 0 Å². The molecule has 0 aromatic rings. The molecular formula is C6H10ClNO. The van der Waals surface area contributed by atoms with E-state index < -0.39 is 0 Å². The summed E-state index contributed by atoms with van der Waals surface area (Å²) in [5, 5.41) is 1.68. The van der Waals surface area contributed by atoms with E-state index >= 15 is 0 Å². The molecule has 0 saturated heterocycles. The van der Waals surface area contributed by atoms with Crippen LogP contribution in [0.15, 0.2) is 11.8 Å². The minimum Gasteiger partial charge on any atom is -0.267 e. The van der Waals surface area contributed by atoms with Gasteiger partial charge < -0.3 is 0 Å². The van der Waals surface area contributed by atoms with Crippen LogP contribution in [-0.2, 0) is 4.84 Å². The molecule has 1 aliphatic heterocycles. The minimum atomic E-state index is 0.160. The highest BCUT2D eigenvalue weighted by atomic mass is 35.5. The molecule has 0 fully saturated rings. The van der Waals surface area contributed by atoms with Crippen molar-refractivity contribution < 1.29 is 4.84 Å². The van der Waals surface area contributed by atoms with Crippen LogP contribution in [0, 0.1) is 0 Å². The lowest BCUT2D eigenvalue weighted by Gasteiger charge is -2.08. The topological polar surface area (TPSA) is 12.5 Å². The first-order valence-electron chi connectivity index (χ1n) is 2.90. The molecular weight excluding hydrogens is 138 g/mol. The Morgan fingerprint density at radius 2 is 2.56 bits per heavy atom. The van der Waals surface area contributed by atoms with Crippen molar-refractivity contribution in [2.75, 3.05) is 12.9 Å². The summed E-state index contributed by atoms with van der Waals surface area (Å²) in [7, 11) is 1.86. The highest BCUT2D eigenvalue weighted by molar-refractivity contribution is 6.19. The van der Waals surface area contributed by atoms with E-state index in [2.05, 4.69) is 0 Å². The highest BCUT2D eigenvalue weighted by Crippen LogP contribution is 2.17. The van der Waals surface area contributed by atoms with Crippen molar-refractivity contribution in [2.24, 2.45) is 0 Å². The second kappa shape index (κ2) is 2.58. The van der Waals surface area contributed by atoms with Crippen LogP contribution in [0.1, 0.15) is 6.92 Å². The van der Waals surface area contributed by atoms with Crippen LogP contribution in [0.5, 0.6) is 0 Å². The lowest BCUT2D eigenvalue weighted by Crippen LogP contribution is -2.11. The summed E-state index contributed by atoms with van der Waals surface area (Å²) in [6, 6.07) is 0. The molecule has 0 aliphatic carbocycles. The number of hydroxylamine groups is 2. The monoisotopic (exact) mass is 147 g/mol. The van der Waals surface area contributed by atoms with Gasteiger partial charge in [-0.25, -0.2) is 0 Å². The van der Waals surface area contributed by atoms with Gasteiger partial charge in [-0.3, -0.25) is 9.90 Å². The molecule has 1 unspecified atom stereocenters. The number of hydrogen-bond acceptors (Lipinski definition) is 2. The number of halogens is 1. The third kappa shape index (κ3) is 1.37. The summed E-state index contributed by atoms with van der Waals surface area (Å²) in [4.78, 5) is 5.22. The molecule has 9 heavy (non-hydrogen) atoms. The van der Waals surface area contributed by atoms with Crippen molar-refractivity contribution in [1.82, 2.24) is 5.06 Å². The number of nitrogens with zero attached hydrogens (tertiary/aromatic N) is 1. The quantitative estimate of drug-likeness (QED) is 0.520. The van der Waals surface area contributed by atoms with Gasteiger partial charge in [0.25, 0.3) is 0 Å². The summed E-state index contributed by atoms with van der Waals surface area (Å²) >= 11 is 5.59. The van der Waals surface area contributed by atoms with E-state index in [1.165, 1.54) is 0 Å². The second-order valence-corrected chi connectivity index (χ2v) is 2.40. The van der Waals surface area contributed by atoms with Crippen LogP contribution >= 0.6 is 11.6 Å². The minimum absolute atomic E-state index is 0.160. The summed E-state index contributed by atoms with van der Waals surface area (Å²) in [6.07, 6.45) is 2.07. The Kier molecular flexibility index (Phi) is 1.98. The molecule has 1 aliphatic rings. The van der Waals surface area contributed by atoms with E-state index in [0.717, 1.165) is 5.57 Å². The summed E-state index contributed by atoms with van der Waals surface area (Å²) < 4.78 is 0. The SMILES string of the molecule is CC1ON(C)C=C1CCl. The first-order valence-corrected chi connectivity index (χ1v) is 3.43. The zero-order chi connectivity index (χ0) is 6.85. The Morgan fingerprint density at radius 1 is 1.89 bits per heavy atom. The predicted octanol–water partition coefficient (Wildman–Crippen LogP) is 1.37. The maximum atomic E-state index is 5.59. The molecule has 3 heteroatoms. The van der Waals surface area contributed by atoms with Gasteiger partial charge >= 0.3 is 0 Å². The summed E-state index contributed by atoms with van der Waals surface area (Å²) in [6.45, 7) is 1.98. The third-order valence-electron chi connectivity index (χ3n) is 1.35. The molecule has 2 nitrogen and oxygen atoms in total. The zero-order valence-corrected chi connectivity index (χ0v) is 6.35. The van der Waals surface area contributed by atoms with Gasteiger partial charge in [-0.15, -0.1) is 11.6 Å². The fraction of sp³-hybridized carbons (Fsp3) is 0.667. The molecule has 0 N–H and O–H groups in total. The van der Waals surface area contributed by atoms with Crippen LogP contribution in [0.3, 0.4) is 0 Å². The first kappa shape index (κ1) is 6.90. The fourth-order valence-electron chi connectivity index (χ4n) is 0.829. The number of alkyl halides is 1. The molecule has 0 amide bonds. The highest BCUT2D eigenvalue weighted by Gasteiger charge is 2.17. The summed E-state index contributed by atoms with van der Waals surface area (Å²) in [5.41, 5.74) is 1.14. The van der Waals surface area contributed by atoms with Crippen molar-refractivity contribution in [2.45, 2.75) is 13.0 Å². The smallest absolute Gasteiger partial charge is 0.107 e. The van der Waals surface area contributed by atoms with Crippen LogP contribution in [0.4, 0.5) is 0 Å². The third-order valence-corrected chi connectivity index (χ3v) is 1.66. The first-order chi connectivity index (χ1) is 4.24. The molecule has 0 spiro atoms. The van der Waals surface area contributed by atoms with Gasteiger partial charge in [-0.1, -0.05) is 0 Å². The molecule has 0 radical (unpaired) electrons. The molecule has 1 heterocycles. The molecule has 0 aromatic carbocycles. The lowest BCUT2D eigenvalue weighted by atomic mass is 10.2. The maximum absolute atomic E-state index is 5.59. The molecule has 1 rings (SSSR count). The molecule has 0 bridgehead atoms. The van der Waals surface area contributed by atoms with Crippen LogP contribution in [-0.4, -0.2) is 24.1 Å². The Balaban J connectivity index is 2.57. The van der Waals surface area contributed by atoms with E-state index in [1.807, 2.05) is 20.2 Å². The fourth-order valence-corrected chi connectivity index (χ4v) is 1.12. The van der Waals surface area contributed by atoms with Crippen molar-refractivity contribution >= 4 is 11.6 Å². The lowest BCUT2D eigenvalue weighted by molar-refractivity contribution is -0.105. The molecule has 0 aromatic heterocycles. The van der Waals surface area contributed by atoms with Gasteiger partial charge in [0.15, 0.2) is 0 Å². The van der Waals surface area contributed by atoms with E-state index in [4.69, 9.17) is 16.4 Å². The number of hydrogen-bond donors (Lipinski definition) is 0. The van der Waals surface area contributed by atoms with Crippen molar-refractivity contribution in [1.29, 1.82) is 0 Å². The Morgan fingerprint density at radius 3 is 2.78 bits per heavy atom. The van der Waals surface area contributed by atoms with Crippen LogP contribution in [0.2, 0.25) is 0 Å². The Labute approximate surface area is 60.0 Å².